The first-order valence-electron chi connectivity index (χ1n) is 4.12. The second-order valence-corrected chi connectivity index (χ2v) is 3.85. The lowest BCUT2D eigenvalue weighted by Crippen LogP contribution is -2.02. The summed E-state index contributed by atoms with van der Waals surface area (Å²) in [7, 11) is 0. The van der Waals surface area contributed by atoms with Gasteiger partial charge in [0.05, 0.1) is 0 Å². The number of benzene rings is 1. The molecule has 1 aromatic carbocycles. The van der Waals surface area contributed by atoms with E-state index in [2.05, 4.69) is 0 Å². The average Bonchev–Trinajstić information content (AvgIpc) is 2.43. The van der Waals surface area contributed by atoms with Crippen molar-refractivity contribution in [3.8, 4) is 0 Å². The third-order valence-corrected chi connectivity index (χ3v) is 3.16. The van der Waals surface area contributed by atoms with Gasteiger partial charge in [-0.1, -0.05) is 19.1 Å². The normalized spacial score (nSPS) is 14.8. The van der Waals surface area contributed by atoms with Gasteiger partial charge in [0, 0.05) is 10.5 Å². The van der Waals surface area contributed by atoms with Crippen molar-refractivity contribution in [2.75, 3.05) is 0 Å². The van der Waals surface area contributed by atoms with Crippen molar-refractivity contribution in [2.24, 2.45) is 0 Å². The van der Waals surface area contributed by atoms with Crippen LogP contribution in [0.15, 0.2) is 23.1 Å². The highest BCUT2D eigenvalue weighted by atomic mass is 32.2. The molecular formula is C10H8O2S. The number of thioether (sulfide) groups is 1. The summed E-state index contributed by atoms with van der Waals surface area (Å²) in [6.07, 6.45) is 0.858. The van der Waals surface area contributed by atoms with Gasteiger partial charge in [-0.2, -0.15) is 0 Å². The zero-order valence-electron chi connectivity index (χ0n) is 7.16. The topological polar surface area (TPSA) is 34.1 Å². The van der Waals surface area contributed by atoms with Crippen molar-refractivity contribution in [3.05, 3.63) is 29.3 Å². The number of ketones is 1. The summed E-state index contributed by atoms with van der Waals surface area (Å²) in [6.45, 7) is 2.02. The van der Waals surface area contributed by atoms with Crippen molar-refractivity contribution in [1.29, 1.82) is 0 Å². The fourth-order valence-electron chi connectivity index (χ4n) is 1.41. The molecule has 1 aliphatic rings. The van der Waals surface area contributed by atoms with Crippen LogP contribution in [0.4, 0.5) is 0 Å². The Labute approximate surface area is 80.3 Å². The molecule has 0 amide bonds. The van der Waals surface area contributed by atoms with Crippen LogP contribution >= 0.6 is 11.8 Å². The molecule has 2 nitrogen and oxygen atoms in total. The lowest BCUT2D eigenvalue weighted by atomic mass is 10.1. The van der Waals surface area contributed by atoms with E-state index in [0.29, 0.717) is 5.56 Å². The molecule has 0 aliphatic carbocycles. The number of carbonyl (C=O) groups is 2. The quantitative estimate of drug-likeness (QED) is 0.639. The van der Waals surface area contributed by atoms with E-state index < -0.39 is 0 Å². The third-order valence-electron chi connectivity index (χ3n) is 2.10. The molecule has 1 aliphatic heterocycles. The van der Waals surface area contributed by atoms with Crippen LogP contribution in [0.5, 0.6) is 0 Å². The van der Waals surface area contributed by atoms with Gasteiger partial charge in [0.2, 0.25) is 5.78 Å². The Bertz CT molecular complexity index is 396. The van der Waals surface area contributed by atoms with E-state index in [9.17, 15) is 9.59 Å². The number of hydrogen-bond acceptors (Lipinski definition) is 3. The molecule has 1 aromatic rings. The standard InChI is InChI=1S/C10H8O2S/c1-2-6-4-3-5-7-8(11)10(12)13-9(6)7/h3-5H,2H2,1H3. The van der Waals surface area contributed by atoms with Crippen LogP contribution in [0.2, 0.25) is 0 Å². The number of hydrogen-bond donors (Lipinski definition) is 0. The second kappa shape index (κ2) is 3.00. The molecule has 0 spiro atoms. The first-order chi connectivity index (χ1) is 6.24. The molecule has 0 saturated carbocycles. The highest BCUT2D eigenvalue weighted by Crippen LogP contribution is 2.35. The van der Waals surface area contributed by atoms with E-state index in [1.165, 1.54) is 0 Å². The molecule has 2 rings (SSSR count). The maximum absolute atomic E-state index is 11.3. The van der Waals surface area contributed by atoms with E-state index in [-0.39, 0.29) is 10.9 Å². The maximum atomic E-state index is 11.3. The summed E-state index contributed by atoms with van der Waals surface area (Å²) in [5.74, 6) is -0.352. The molecule has 13 heavy (non-hydrogen) atoms. The van der Waals surface area contributed by atoms with Gasteiger partial charge in [-0.05, 0) is 29.8 Å². The van der Waals surface area contributed by atoms with E-state index in [4.69, 9.17) is 0 Å². The zero-order chi connectivity index (χ0) is 9.42. The average molecular weight is 192 g/mol. The van der Waals surface area contributed by atoms with Gasteiger partial charge in [-0.25, -0.2) is 0 Å². The van der Waals surface area contributed by atoms with Crippen LogP contribution in [0.3, 0.4) is 0 Å². The Balaban J connectivity index is 2.62. The molecular weight excluding hydrogens is 184 g/mol. The number of Topliss-reactive ketones (excluding diaryl/α,β-unsaturated/α-hetero) is 1. The summed E-state index contributed by atoms with van der Waals surface area (Å²) < 4.78 is 0. The summed E-state index contributed by atoms with van der Waals surface area (Å²) in [4.78, 5) is 23.3. The SMILES string of the molecule is CCc1cccc2c1SC(=O)C2=O. The highest BCUT2D eigenvalue weighted by molar-refractivity contribution is 8.16. The lowest BCUT2D eigenvalue weighted by molar-refractivity contribution is -0.107. The Hall–Kier alpha value is -1.09. The van der Waals surface area contributed by atoms with Crippen molar-refractivity contribution >= 4 is 22.7 Å². The fraction of sp³-hybridized carbons (Fsp3) is 0.200. The number of aryl methyl sites for hydroxylation is 1. The van der Waals surface area contributed by atoms with Gasteiger partial charge >= 0.3 is 0 Å². The van der Waals surface area contributed by atoms with Crippen LogP contribution < -0.4 is 0 Å². The predicted octanol–water partition coefficient (Wildman–Crippen LogP) is 2.06. The largest absolute Gasteiger partial charge is 0.284 e. The van der Waals surface area contributed by atoms with Gasteiger partial charge in [-0.15, -0.1) is 0 Å². The Morgan fingerprint density at radius 1 is 1.31 bits per heavy atom. The minimum Gasteiger partial charge on any atom is -0.284 e. The van der Waals surface area contributed by atoms with Crippen LogP contribution in [0.25, 0.3) is 0 Å². The van der Waals surface area contributed by atoms with Gasteiger partial charge < -0.3 is 0 Å². The van der Waals surface area contributed by atoms with Crippen molar-refractivity contribution < 1.29 is 9.59 Å². The summed E-state index contributed by atoms with van der Waals surface area (Å²) >= 11 is 1.06. The first-order valence-corrected chi connectivity index (χ1v) is 4.94. The molecule has 0 bridgehead atoms. The molecule has 3 heteroatoms. The van der Waals surface area contributed by atoms with E-state index in [1.54, 1.807) is 6.07 Å². The van der Waals surface area contributed by atoms with Crippen LogP contribution in [-0.4, -0.2) is 10.9 Å². The number of rotatable bonds is 1. The molecule has 0 N–H and O–H groups in total. The van der Waals surface area contributed by atoms with Crippen LogP contribution in [0.1, 0.15) is 22.8 Å². The summed E-state index contributed by atoms with van der Waals surface area (Å²) in [5, 5.41) is -0.351. The third kappa shape index (κ3) is 1.20. The molecule has 0 radical (unpaired) electrons. The molecule has 0 unspecified atom stereocenters. The smallest absolute Gasteiger partial charge is 0.264 e. The molecule has 0 saturated heterocycles. The van der Waals surface area contributed by atoms with E-state index in [0.717, 1.165) is 28.6 Å². The minimum atomic E-state index is -0.352. The minimum absolute atomic E-state index is 0.351. The van der Waals surface area contributed by atoms with Crippen molar-refractivity contribution in [1.82, 2.24) is 0 Å². The summed E-state index contributed by atoms with van der Waals surface area (Å²) in [5.41, 5.74) is 1.66. The molecule has 0 fully saturated rings. The molecule has 0 aromatic heterocycles. The zero-order valence-corrected chi connectivity index (χ0v) is 7.98. The Morgan fingerprint density at radius 3 is 2.77 bits per heavy atom. The lowest BCUT2D eigenvalue weighted by Gasteiger charge is -2.01. The summed E-state index contributed by atoms with van der Waals surface area (Å²) in [6, 6.07) is 5.50. The second-order valence-electron chi connectivity index (χ2n) is 2.87. The first kappa shape index (κ1) is 8.51. The fourth-order valence-corrected chi connectivity index (χ4v) is 2.41. The highest BCUT2D eigenvalue weighted by Gasteiger charge is 2.30. The molecule has 0 atom stereocenters. The monoisotopic (exact) mass is 192 g/mol. The number of fused-ring (bicyclic) bond motifs is 1. The molecule has 1 heterocycles. The van der Waals surface area contributed by atoms with Gasteiger partial charge in [-0.3, -0.25) is 9.59 Å². The predicted molar refractivity (Wildman–Crippen MR) is 51.0 cm³/mol. The maximum Gasteiger partial charge on any atom is 0.264 e. The van der Waals surface area contributed by atoms with Gasteiger partial charge in [0.25, 0.3) is 5.12 Å². The van der Waals surface area contributed by atoms with Crippen LogP contribution in [-0.2, 0) is 11.2 Å². The van der Waals surface area contributed by atoms with E-state index in [1.807, 2.05) is 19.1 Å². The van der Waals surface area contributed by atoms with Gasteiger partial charge in [0.15, 0.2) is 0 Å². The molecule has 66 valence electrons. The van der Waals surface area contributed by atoms with Gasteiger partial charge in [0.1, 0.15) is 0 Å². The Kier molecular flexibility index (Phi) is 1.96. The Morgan fingerprint density at radius 2 is 2.08 bits per heavy atom. The van der Waals surface area contributed by atoms with Crippen LogP contribution in [0, 0.1) is 0 Å². The number of carbonyl (C=O) groups excluding carboxylic acids is 2. The van der Waals surface area contributed by atoms with Crippen molar-refractivity contribution in [3.63, 3.8) is 0 Å². The van der Waals surface area contributed by atoms with E-state index >= 15 is 0 Å². The van der Waals surface area contributed by atoms with Crippen molar-refractivity contribution in [2.45, 2.75) is 18.2 Å².